The third-order valence-corrected chi connectivity index (χ3v) is 3.86. The Morgan fingerprint density at radius 2 is 1.73 bits per heavy atom. The van der Waals surface area contributed by atoms with Crippen LogP contribution in [-0.4, -0.2) is 29.0 Å². The lowest BCUT2D eigenvalue weighted by atomic mass is 10.1. The summed E-state index contributed by atoms with van der Waals surface area (Å²) in [5, 5.41) is 19.6. The lowest BCUT2D eigenvalue weighted by molar-refractivity contribution is -0.383. The molecule has 0 saturated carbocycles. The lowest BCUT2D eigenvalue weighted by Crippen LogP contribution is -2.28. The van der Waals surface area contributed by atoms with E-state index in [4.69, 9.17) is 0 Å². The van der Waals surface area contributed by atoms with Crippen LogP contribution in [0.5, 0.6) is 0 Å². The Morgan fingerprint density at radius 1 is 1.04 bits per heavy atom. The van der Waals surface area contributed by atoms with Crippen molar-refractivity contribution >= 4 is 58.0 Å². The number of rotatable bonds is 6. The van der Waals surface area contributed by atoms with Crippen molar-refractivity contribution in [3.8, 4) is 0 Å². The molecular formula is C18H22Cl2N4O2. The molecule has 3 aromatic rings. The fraction of sp³-hybridized carbons (Fsp3) is 0.278. The molecule has 0 saturated heterocycles. The third kappa shape index (κ3) is 4.52. The van der Waals surface area contributed by atoms with E-state index in [2.05, 4.69) is 29.5 Å². The van der Waals surface area contributed by atoms with Gasteiger partial charge in [-0.1, -0.05) is 38.1 Å². The Bertz CT molecular complexity index is 903. The zero-order valence-corrected chi connectivity index (χ0v) is 16.2. The van der Waals surface area contributed by atoms with E-state index in [1.54, 1.807) is 6.07 Å². The van der Waals surface area contributed by atoms with Gasteiger partial charge >= 0.3 is 0 Å². The highest BCUT2D eigenvalue weighted by atomic mass is 35.5. The summed E-state index contributed by atoms with van der Waals surface area (Å²) in [7, 11) is 0. The number of halogens is 2. The average Bonchev–Trinajstić information content (AvgIpc) is 2.56. The Labute approximate surface area is 164 Å². The summed E-state index contributed by atoms with van der Waals surface area (Å²) in [6, 6.07) is 13.1. The molecule has 0 fully saturated rings. The second-order valence-corrected chi connectivity index (χ2v) is 5.97. The van der Waals surface area contributed by atoms with Crippen LogP contribution in [0, 0.1) is 10.1 Å². The standard InChI is InChI=1S/C18H20N4O2.2ClH/c1-12(2)19-10-11-20-18-13-6-3-4-7-14(13)21-15-8-5-9-16(17(15)18)22(23)24;;/h3-9,12,19H,10-11H2,1-2H3,(H,20,21);2*1H. The number of nitro benzene ring substituents is 1. The van der Waals surface area contributed by atoms with Gasteiger partial charge in [0, 0.05) is 30.6 Å². The molecule has 0 spiro atoms. The van der Waals surface area contributed by atoms with Crippen LogP contribution in [0.25, 0.3) is 21.8 Å². The maximum absolute atomic E-state index is 11.5. The van der Waals surface area contributed by atoms with E-state index in [9.17, 15) is 10.1 Å². The average molecular weight is 397 g/mol. The monoisotopic (exact) mass is 396 g/mol. The van der Waals surface area contributed by atoms with Crippen molar-refractivity contribution in [2.45, 2.75) is 19.9 Å². The first kappa shape index (κ1) is 21.9. The van der Waals surface area contributed by atoms with Gasteiger partial charge < -0.3 is 10.6 Å². The molecule has 0 atom stereocenters. The Kier molecular flexibility index (Phi) is 8.02. The van der Waals surface area contributed by atoms with Crippen LogP contribution >= 0.6 is 24.8 Å². The minimum absolute atomic E-state index is 0. The van der Waals surface area contributed by atoms with Crippen molar-refractivity contribution in [3.63, 3.8) is 0 Å². The van der Waals surface area contributed by atoms with Gasteiger partial charge in [0.1, 0.15) is 5.39 Å². The summed E-state index contributed by atoms with van der Waals surface area (Å²) < 4.78 is 0. The van der Waals surface area contributed by atoms with Crippen LogP contribution in [0.3, 0.4) is 0 Å². The highest BCUT2D eigenvalue weighted by molar-refractivity contribution is 6.11. The number of pyridine rings is 1. The topological polar surface area (TPSA) is 80.1 Å². The molecule has 1 aromatic heterocycles. The minimum Gasteiger partial charge on any atom is -0.382 e. The van der Waals surface area contributed by atoms with Crippen molar-refractivity contribution in [1.29, 1.82) is 0 Å². The predicted octanol–water partition coefficient (Wildman–Crippen LogP) is 4.55. The number of non-ortho nitro benzene ring substituents is 1. The van der Waals surface area contributed by atoms with Crippen molar-refractivity contribution in [2.75, 3.05) is 18.4 Å². The molecule has 1 heterocycles. The van der Waals surface area contributed by atoms with E-state index >= 15 is 0 Å². The predicted molar refractivity (Wildman–Crippen MR) is 112 cm³/mol. The number of hydrogen-bond donors (Lipinski definition) is 2. The maximum atomic E-state index is 11.5. The van der Waals surface area contributed by atoms with Gasteiger partial charge in [-0.05, 0) is 12.1 Å². The number of hydrogen-bond acceptors (Lipinski definition) is 5. The molecule has 0 unspecified atom stereocenters. The van der Waals surface area contributed by atoms with Gasteiger partial charge in [0.15, 0.2) is 0 Å². The van der Waals surface area contributed by atoms with Gasteiger partial charge in [-0.15, -0.1) is 24.8 Å². The first-order valence-electron chi connectivity index (χ1n) is 8.01. The van der Waals surface area contributed by atoms with Crippen LogP contribution in [0.2, 0.25) is 0 Å². The number of fused-ring (bicyclic) bond motifs is 2. The van der Waals surface area contributed by atoms with Crippen LogP contribution in [-0.2, 0) is 0 Å². The van der Waals surface area contributed by atoms with Gasteiger partial charge in [-0.2, -0.15) is 0 Å². The van der Waals surface area contributed by atoms with Gasteiger partial charge in [0.2, 0.25) is 0 Å². The molecule has 0 amide bonds. The normalized spacial score (nSPS) is 10.4. The minimum atomic E-state index is -0.351. The summed E-state index contributed by atoms with van der Waals surface area (Å²) in [5.41, 5.74) is 2.30. The van der Waals surface area contributed by atoms with E-state index in [1.807, 2.05) is 30.3 Å². The summed E-state index contributed by atoms with van der Waals surface area (Å²) in [6.07, 6.45) is 0. The second-order valence-electron chi connectivity index (χ2n) is 5.97. The Morgan fingerprint density at radius 3 is 2.42 bits per heavy atom. The summed E-state index contributed by atoms with van der Waals surface area (Å²) >= 11 is 0. The van der Waals surface area contributed by atoms with E-state index in [0.717, 1.165) is 23.1 Å². The van der Waals surface area contributed by atoms with Crippen molar-refractivity contribution in [3.05, 3.63) is 52.6 Å². The summed E-state index contributed by atoms with van der Waals surface area (Å²) in [5.74, 6) is 0. The molecule has 3 rings (SSSR count). The number of anilines is 1. The molecular weight excluding hydrogens is 375 g/mol. The smallest absolute Gasteiger partial charge is 0.280 e. The molecule has 0 bridgehead atoms. The first-order valence-corrected chi connectivity index (χ1v) is 8.01. The zero-order chi connectivity index (χ0) is 17.1. The molecule has 2 aromatic carbocycles. The van der Waals surface area contributed by atoms with E-state index in [0.29, 0.717) is 23.5 Å². The van der Waals surface area contributed by atoms with Gasteiger partial charge in [-0.25, -0.2) is 4.98 Å². The van der Waals surface area contributed by atoms with E-state index in [1.165, 1.54) is 6.07 Å². The van der Waals surface area contributed by atoms with Crippen LogP contribution in [0.15, 0.2) is 42.5 Å². The first-order chi connectivity index (χ1) is 11.6. The number of aromatic nitrogens is 1. The molecule has 6 nitrogen and oxygen atoms in total. The quantitative estimate of drug-likeness (QED) is 0.276. The number of nitro groups is 1. The summed E-state index contributed by atoms with van der Waals surface area (Å²) in [6.45, 7) is 5.62. The molecule has 2 N–H and O–H groups in total. The molecule has 140 valence electrons. The van der Waals surface area contributed by atoms with Gasteiger partial charge in [0.25, 0.3) is 5.69 Å². The lowest BCUT2D eigenvalue weighted by Gasteiger charge is -2.14. The highest BCUT2D eigenvalue weighted by Gasteiger charge is 2.18. The van der Waals surface area contributed by atoms with E-state index in [-0.39, 0.29) is 35.4 Å². The molecule has 26 heavy (non-hydrogen) atoms. The third-order valence-electron chi connectivity index (χ3n) is 3.86. The zero-order valence-electron chi connectivity index (χ0n) is 14.6. The molecule has 8 heteroatoms. The Balaban J connectivity index is 0.00000169. The largest absolute Gasteiger partial charge is 0.382 e. The Hall–Kier alpha value is -2.15. The fourth-order valence-corrected chi connectivity index (χ4v) is 2.81. The number of nitrogens with one attached hydrogen (secondary N) is 2. The van der Waals surface area contributed by atoms with Crippen LogP contribution < -0.4 is 10.6 Å². The van der Waals surface area contributed by atoms with Crippen molar-refractivity contribution < 1.29 is 4.92 Å². The molecule has 0 aliphatic carbocycles. The van der Waals surface area contributed by atoms with Crippen molar-refractivity contribution in [1.82, 2.24) is 10.3 Å². The molecule has 0 radical (unpaired) electrons. The molecule has 0 aliphatic rings. The van der Waals surface area contributed by atoms with E-state index < -0.39 is 0 Å². The maximum Gasteiger partial charge on any atom is 0.280 e. The summed E-state index contributed by atoms with van der Waals surface area (Å²) in [4.78, 5) is 15.7. The number of benzene rings is 2. The SMILES string of the molecule is CC(C)NCCNc1c2ccccc2nc2cccc([N+](=O)[O-])c12.Cl.Cl. The van der Waals surface area contributed by atoms with Gasteiger partial charge in [0.05, 0.1) is 21.6 Å². The fourth-order valence-electron chi connectivity index (χ4n) is 2.81. The van der Waals surface area contributed by atoms with Crippen LogP contribution in [0.1, 0.15) is 13.8 Å². The second kappa shape index (κ2) is 9.52. The highest BCUT2D eigenvalue weighted by Crippen LogP contribution is 2.36. The van der Waals surface area contributed by atoms with Crippen LogP contribution in [0.4, 0.5) is 11.4 Å². The van der Waals surface area contributed by atoms with Crippen molar-refractivity contribution in [2.24, 2.45) is 0 Å². The number of para-hydroxylation sites is 1. The molecule has 0 aliphatic heterocycles. The number of nitrogens with zero attached hydrogens (tertiary/aromatic N) is 2. The van der Waals surface area contributed by atoms with Gasteiger partial charge in [-0.3, -0.25) is 10.1 Å².